The first kappa shape index (κ1) is 18.4. The van der Waals surface area contributed by atoms with E-state index in [9.17, 15) is 10.1 Å². The fraction of sp³-hybridized carbons (Fsp3) is 0.150. The summed E-state index contributed by atoms with van der Waals surface area (Å²) in [5, 5.41) is 19.4. The van der Waals surface area contributed by atoms with Gasteiger partial charge in [-0.1, -0.05) is 23.4 Å². The predicted molar refractivity (Wildman–Crippen MR) is 106 cm³/mol. The van der Waals surface area contributed by atoms with Crippen molar-refractivity contribution in [3.8, 4) is 22.8 Å². The molecule has 0 saturated carbocycles. The van der Waals surface area contributed by atoms with Crippen molar-refractivity contribution in [2.75, 3.05) is 0 Å². The monoisotopic (exact) mass is 390 g/mol. The summed E-state index contributed by atoms with van der Waals surface area (Å²) >= 11 is 0. The SMILES string of the molecule is Cc1ncc([N+](=O)[O-])n1CCn1cc(-c2ccc(Oc3ccccc3)cc2)nn1. The largest absolute Gasteiger partial charge is 0.457 e. The Morgan fingerprint density at radius 2 is 1.76 bits per heavy atom. The van der Waals surface area contributed by atoms with Gasteiger partial charge in [0.1, 0.15) is 29.9 Å². The van der Waals surface area contributed by atoms with Crippen LogP contribution in [0.2, 0.25) is 0 Å². The molecule has 2 aromatic heterocycles. The number of aryl methyl sites for hydroxylation is 2. The van der Waals surface area contributed by atoms with E-state index in [1.54, 1.807) is 16.2 Å². The Balaban J connectivity index is 1.43. The van der Waals surface area contributed by atoms with Crippen LogP contribution in [-0.2, 0) is 13.1 Å². The number of para-hydroxylation sites is 1. The highest BCUT2D eigenvalue weighted by Crippen LogP contribution is 2.24. The number of rotatable bonds is 7. The fourth-order valence-electron chi connectivity index (χ4n) is 2.94. The second kappa shape index (κ2) is 7.93. The number of hydrogen-bond acceptors (Lipinski definition) is 6. The molecule has 9 nitrogen and oxygen atoms in total. The molecule has 9 heteroatoms. The molecule has 2 aromatic carbocycles. The number of nitro groups is 1. The van der Waals surface area contributed by atoms with Crippen LogP contribution in [0, 0.1) is 17.0 Å². The molecule has 0 aliphatic carbocycles. The molecule has 0 unspecified atom stereocenters. The Labute approximate surface area is 166 Å². The van der Waals surface area contributed by atoms with Gasteiger partial charge in [0.25, 0.3) is 0 Å². The molecule has 0 radical (unpaired) electrons. The van der Waals surface area contributed by atoms with Crippen LogP contribution in [0.5, 0.6) is 11.5 Å². The lowest BCUT2D eigenvalue weighted by atomic mass is 10.1. The van der Waals surface area contributed by atoms with Crippen LogP contribution in [0.25, 0.3) is 11.3 Å². The van der Waals surface area contributed by atoms with Gasteiger partial charge in [0, 0.05) is 12.5 Å². The second-order valence-corrected chi connectivity index (χ2v) is 6.38. The maximum Gasteiger partial charge on any atom is 0.342 e. The molecule has 4 aromatic rings. The highest BCUT2D eigenvalue weighted by molar-refractivity contribution is 5.58. The van der Waals surface area contributed by atoms with Crippen LogP contribution in [-0.4, -0.2) is 29.5 Å². The van der Waals surface area contributed by atoms with Crippen molar-refractivity contribution in [2.45, 2.75) is 20.0 Å². The minimum atomic E-state index is -0.439. The molecule has 0 aliphatic rings. The Hall–Kier alpha value is -4.01. The normalized spacial score (nSPS) is 10.8. The van der Waals surface area contributed by atoms with Crippen molar-refractivity contribution >= 4 is 5.82 Å². The minimum absolute atomic E-state index is 0.0307. The van der Waals surface area contributed by atoms with E-state index in [2.05, 4.69) is 15.3 Å². The molecule has 4 rings (SSSR count). The van der Waals surface area contributed by atoms with Gasteiger partial charge in [0.2, 0.25) is 0 Å². The van der Waals surface area contributed by atoms with Gasteiger partial charge >= 0.3 is 5.82 Å². The smallest absolute Gasteiger partial charge is 0.342 e. The average molecular weight is 390 g/mol. The van der Waals surface area contributed by atoms with E-state index < -0.39 is 4.92 Å². The summed E-state index contributed by atoms with van der Waals surface area (Å²) in [6.45, 7) is 2.56. The number of nitrogens with zero attached hydrogens (tertiary/aromatic N) is 6. The van der Waals surface area contributed by atoms with E-state index in [1.807, 2.05) is 60.8 Å². The second-order valence-electron chi connectivity index (χ2n) is 6.38. The van der Waals surface area contributed by atoms with Gasteiger partial charge in [0.05, 0.1) is 12.7 Å². The Bertz CT molecular complexity index is 1120. The zero-order valence-electron chi connectivity index (χ0n) is 15.7. The lowest BCUT2D eigenvalue weighted by molar-refractivity contribution is -0.392. The van der Waals surface area contributed by atoms with Crippen LogP contribution >= 0.6 is 0 Å². The van der Waals surface area contributed by atoms with Crippen LogP contribution in [0.1, 0.15) is 5.82 Å². The molecule has 146 valence electrons. The summed E-state index contributed by atoms with van der Waals surface area (Å²) < 4.78 is 9.00. The summed E-state index contributed by atoms with van der Waals surface area (Å²) in [6, 6.07) is 17.1. The zero-order valence-corrected chi connectivity index (χ0v) is 15.7. The topological polar surface area (TPSA) is 101 Å². The molecular weight excluding hydrogens is 372 g/mol. The Morgan fingerprint density at radius 1 is 1.03 bits per heavy atom. The first-order valence-corrected chi connectivity index (χ1v) is 9.00. The molecular formula is C20H18N6O3. The van der Waals surface area contributed by atoms with Crippen LogP contribution in [0.15, 0.2) is 67.0 Å². The number of aromatic nitrogens is 5. The lowest BCUT2D eigenvalue weighted by Gasteiger charge is -2.05. The number of imidazole rings is 1. The van der Waals surface area contributed by atoms with Gasteiger partial charge in [-0.2, -0.15) is 0 Å². The van der Waals surface area contributed by atoms with Gasteiger partial charge in [-0.15, -0.1) is 5.10 Å². The summed E-state index contributed by atoms with van der Waals surface area (Å²) in [4.78, 5) is 14.6. The van der Waals surface area contributed by atoms with Gasteiger partial charge < -0.3 is 14.9 Å². The van der Waals surface area contributed by atoms with E-state index in [4.69, 9.17) is 4.74 Å². The number of ether oxygens (including phenoxy) is 1. The Morgan fingerprint density at radius 3 is 2.48 bits per heavy atom. The predicted octanol–water partition coefficient (Wildman–Crippen LogP) is 3.85. The summed E-state index contributed by atoms with van der Waals surface area (Å²) in [7, 11) is 0. The summed E-state index contributed by atoms with van der Waals surface area (Å²) in [5.74, 6) is 2.06. The van der Waals surface area contributed by atoms with Crippen molar-refractivity contribution in [3.63, 3.8) is 0 Å². The quantitative estimate of drug-likeness (QED) is 0.351. The van der Waals surface area contributed by atoms with E-state index in [-0.39, 0.29) is 5.82 Å². The van der Waals surface area contributed by atoms with Crippen molar-refractivity contribution in [1.82, 2.24) is 24.5 Å². The van der Waals surface area contributed by atoms with Crippen molar-refractivity contribution in [1.29, 1.82) is 0 Å². The number of benzene rings is 2. The van der Waals surface area contributed by atoms with Crippen molar-refractivity contribution in [3.05, 3.63) is 82.9 Å². The third-order valence-corrected chi connectivity index (χ3v) is 4.44. The molecule has 0 amide bonds. The van der Waals surface area contributed by atoms with Gasteiger partial charge in [0.15, 0.2) is 5.82 Å². The third-order valence-electron chi connectivity index (χ3n) is 4.44. The average Bonchev–Trinajstić information content (AvgIpc) is 3.34. The minimum Gasteiger partial charge on any atom is -0.457 e. The molecule has 0 bridgehead atoms. The molecule has 0 spiro atoms. The van der Waals surface area contributed by atoms with Gasteiger partial charge in [-0.05, 0) is 41.3 Å². The lowest BCUT2D eigenvalue weighted by Crippen LogP contribution is -2.11. The van der Waals surface area contributed by atoms with Crippen molar-refractivity contribution in [2.24, 2.45) is 0 Å². The molecule has 0 saturated heterocycles. The van der Waals surface area contributed by atoms with Gasteiger partial charge in [-0.25, -0.2) is 14.2 Å². The molecule has 29 heavy (non-hydrogen) atoms. The highest BCUT2D eigenvalue weighted by atomic mass is 16.6. The first-order valence-electron chi connectivity index (χ1n) is 9.00. The van der Waals surface area contributed by atoms with E-state index in [0.717, 1.165) is 17.1 Å². The Kier molecular flexibility index (Phi) is 5.02. The van der Waals surface area contributed by atoms with E-state index in [1.165, 1.54) is 6.20 Å². The van der Waals surface area contributed by atoms with E-state index in [0.29, 0.717) is 24.6 Å². The van der Waals surface area contributed by atoms with Crippen LogP contribution in [0.3, 0.4) is 0 Å². The molecule has 2 heterocycles. The zero-order chi connectivity index (χ0) is 20.2. The molecule has 0 fully saturated rings. The highest BCUT2D eigenvalue weighted by Gasteiger charge is 2.17. The van der Waals surface area contributed by atoms with E-state index >= 15 is 0 Å². The molecule has 0 aliphatic heterocycles. The van der Waals surface area contributed by atoms with Crippen LogP contribution in [0.4, 0.5) is 5.82 Å². The fourth-order valence-corrected chi connectivity index (χ4v) is 2.94. The summed E-state index contributed by atoms with van der Waals surface area (Å²) in [6.07, 6.45) is 3.08. The number of hydrogen-bond donors (Lipinski definition) is 0. The maximum absolute atomic E-state index is 11.1. The molecule has 0 atom stereocenters. The standard InChI is InChI=1S/C20H18N6O3/c1-15-21-13-20(26(27)28)25(15)12-11-24-14-19(22-23-24)16-7-9-18(10-8-16)29-17-5-3-2-4-6-17/h2-10,13-14H,11-12H2,1H3. The van der Waals surface area contributed by atoms with Crippen LogP contribution < -0.4 is 4.74 Å². The maximum atomic E-state index is 11.1. The van der Waals surface area contributed by atoms with Gasteiger partial charge in [-0.3, -0.25) is 0 Å². The summed E-state index contributed by atoms with van der Waals surface area (Å²) in [5.41, 5.74) is 1.62. The third kappa shape index (κ3) is 4.13. The molecule has 0 N–H and O–H groups in total. The van der Waals surface area contributed by atoms with Crippen molar-refractivity contribution < 1.29 is 9.66 Å². The first-order chi connectivity index (χ1) is 14.1.